The maximum atomic E-state index is 12.0. The van der Waals surface area contributed by atoms with Crippen LogP contribution in [0.25, 0.3) is 0 Å². The van der Waals surface area contributed by atoms with Crippen molar-refractivity contribution < 1.29 is 19.1 Å². The molecule has 0 radical (unpaired) electrons. The lowest BCUT2D eigenvalue weighted by Gasteiger charge is -2.37. The molecule has 2 aliphatic heterocycles. The molecule has 0 spiro atoms. The number of nitrogens with zero attached hydrogens (tertiary/aromatic N) is 1. The normalized spacial score (nSPS) is 24.9. The lowest BCUT2D eigenvalue weighted by atomic mass is 9.91. The van der Waals surface area contributed by atoms with Crippen molar-refractivity contribution in [2.75, 3.05) is 23.3 Å². The molecule has 146 valence electrons. The van der Waals surface area contributed by atoms with Crippen molar-refractivity contribution in [3.05, 3.63) is 35.0 Å². The van der Waals surface area contributed by atoms with Crippen LogP contribution in [-0.2, 0) is 19.1 Å². The maximum absolute atomic E-state index is 12.0. The molecule has 2 unspecified atom stereocenters. The Morgan fingerprint density at radius 2 is 1.74 bits per heavy atom. The number of carbonyl (C=O) groups is 2. The highest BCUT2D eigenvalue weighted by Gasteiger charge is 2.39. The molecule has 0 aliphatic carbocycles. The number of ether oxygens (including phenoxy) is 2. The molecule has 0 aromatic heterocycles. The molecule has 0 bridgehead atoms. The van der Waals surface area contributed by atoms with Crippen LogP contribution in [0, 0.1) is 11.8 Å². The Kier molecular flexibility index (Phi) is 5.38. The molecule has 0 amide bonds. The molecule has 3 rings (SSSR count). The summed E-state index contributed by atoms with van der Waals surface area (Å²) in [5.41, 5.74) is 1.47. The first-order valence-corrected chi connectivity index (χ1v) is 9.50. The van der Waals surface area contributed by atoms with Crippen molar-refractivity contribution in [2.24, 2.45) is 11.8 Å². The standard InChI is InChI=1S/C20H25ClN2O4/c1-12-7-13(2)11-23(10-12)17-6-5-14(8-16(17)21)22-9-15-18(24)26-20(3,4)27-19(15)25/h5-6,8-9,12-13,22H,7,10-11H2,1-4H3. The van der Waals surface area contributed by atoms with Crippen LogP contribution in [0.15, 0.2) is 30.0 Å². The number of anilines is 2. The minimum atomic E-state index is -1.25. The Labute approximate surface area is 164 Å². The number of cyclic esters (lactones) is 2. The van der Waals surface area contributed by atoms with Gasteiger partial charge >= 0.3 is 11.9 Å². The Hall–Kier alpha value is -2.21. The van der Waals surface area contributed by atoms with Gasteiger partial charge in [-0.15, -0.1) is 0 Å². The zero-order chi connectivity index (χ0) is 19.8. The number of rotatable bonds is 3. The van der Waals surface area contributed by atoms with E-state index in [9.17, 15) is 9.59 Å². The lowest BCUT2D eigenvalue weighted by molar-refractivity contribution is -0.222. The van der Waals surface area contributed by atoms with Crippen molar-refractivity contribution in [3.63, 3.8) is 0 Å². The zero-order valence-electron chi connectivity index (χ0n) is 16.0. The second-order valence-corrected chi connectivity index (χ2v) is 8.31. The molecule has 1 aromatic carbocycles. The van der Waals surface area contributed by atoms with Crippen molar-refractivity contribution in [1.29, 1.82) is 0 Å². The summed E-state index contributed by atoms with van der Waals surface area (Å²) in [6, 6.07) is 5.60. The third kappa shape index (κ3) is 4.56. The summed E-state index contributed by atoms with van der Waals surface area (Å²) in [5, 5.41) is 3.54. The van der Waals surface area contributed by atoms with Crippen molar-refractivity contribution in [2.45, 2.75) is 39.9 Å². The highest BCUT2D eigenvalue weighted by molar-refractivity contribution is 6.33. The van der Waals surface area contributed by atoms with E-state index in [1.54, 1.807) is 6.07 Å². The van der Waals surface area contributed by atoms with Crippen LogP contribution in [0.5, 0.6) is 0 Å². The number of piperidine rings is 1. The molecule has 2 atom stereocenters. The van der Waals surface area contributed by atoms with Crippen LogP contribution in [0.4, 0.5) is 11.4 Å². The average Bonchev–Trinajstić information content (AvgIpc) is 2.52. The van der Waals surface area contributed by atoms with Crippen molar-refractivity contribution in [1.82, 2.24) is 0 Å². The van der Waals surface area contributed by atoms with Gasteiger partial charge in [0.15, 0.2) is 5.57 Å². The van der Waals surface area contributed by atoms with E-state index in [-0.39, 0.29) is 5.57 Å². The average molecular weight is 393 g/mol. The van der Waals surface area contributed by atoms with Gasteiger partial charge in [-0.3, -0.25) is 0 Å². The van der Waals surface area contributed by atoms with Gasteiger partial charge in [-0.25, -0.2) is 9.59 Å². The van der Waals surface area contributed by atoms with Crippen LogP contribution in [-0.4, -0.2) is 30.8 Å². The van der Waals surface area contributed by atoms with E-state index in [2.05, 4.69) is 24.1 Å². The van der Waals surface area contributed by atoms with Gasteiger partial charge in [0.25, 0.3) is 5.79 Å². The van der Waals surface area contributed by atoms with Crippen molar-refractivity contribution in [3.8, 4) is 0 Å². The summed E-state index contributed by atoms with van der Waals surface area (Å²) in [6.07, 6.45) is 2.51. The van der Waals surface area contributed by atoms with E-state index in [0.717, 1.165) is 18.8 Å². The predicted molar refractivity (Wildman–Crippen MR) is 105 cm³/mol. The van der Waals surface area contributed by atoms with Crippen LogP contribution >= 0.6 is 11.6 Å². The fraction of sp³-hybridized carbons (Fsp3) is 0.500. The minimum absolute atomic E-state index is 0.187. The Morgan fingerprint density at radius 3 is 2.30 bits per heavy atom. The number of halogens is 1. The van der Waals surface area contributed by atoms with E-state index in [1.165, 1.54) is 26.5 Å². The molecule has 7 heteroatoms. The molecule has 0 saturated carbocycles. The predicted octanol–water partition coefficient (Wildman–Crippen LogP) is 3.95. The fourth-order valence-corrected chi connectivity index (χ4v) is 3.95. The summed E-state index contributed by atoms with van der Waals surface area (Å²) in [6.45, 7) is 9.48. The van der Waals surface area contributed by atoms with Gasteiger partial charge in [0.05, 0.1) is 10.7 Å². The third-order valence-corrected chi connectivity index (χ3v) is 4.96. The smallest absolute Gasteiger partial charge is 0.350 e. The molecule has 27 heavy (non-hydrogen) atoms. The van der Waals surface area contributed by atoms with Gasteiger partial charge in [-0.1, -0.05) is 25.4 Å². The second kappa shape index (κ2) is 7.43. The first-order valence-electron chi connectivity index (χ1n) is 9.12. The molecule has 2 fully saturated rings. The molecule has 1 N–H and O–H groups in total. The van der Waals surface area contributed by atoms with Crippen LogP contribution in [0.1, 0.15) is 34.1 Å². The number of nitrogens with one attached hydrogen (secondary N) is 1. The largest absolute Gasteiger partial charge is 0.419 e. The molecular weight excluding hydrogens is 368 g/mol. The number of esters is 2. The zero-order valence-corrected chi connectivity index (χ0v) is 16.8. The highest BCUT2D eigenvalue weighted by atomic mass is 35.5. The van der Waals surface area contributed by atoms with Gasteiger partial charge in [-0.2, -0.15) is 0 Å². The maximum Gasteiger partial charge on any atom is 0.350 e. The van der Waals surface area contributed by atoms with Gasteiger partial charge in [0.2, 0.25) is 0 Å². The van der Waals surface area contributed by atoms with Crippen molar-refractivity contribution >= 4 is 34.9 Å². The highest BCUT2D eigenvalue weighted by Crippen LogP contribution is 2.33. The van der Waals surface area contributed by atoms with E-state index in [4.69, 9.17) is 21.1 Å². The number of hydrogen-bond donors (Lipinski definition) is 1. The number of carbonyl (C=O) groups excluding carboxylic acids is 2. The molecule has 2 aliphatic rings. The first-order chi connectivity index (χ1) is 12.6. The summed E-state index contributed by atoms with van der Waals surface area (Å²) in [7, 11) is 0. The summed E-state index contributed by atoms with van der Waals surface area (Å²) >= 11 is 6.49. The monoisotopic (exact) mass is 392 g/mol. The molecule has 2 saturated heterocycles. The molecule has 6 nitrogen and oxygen atoms in total. The van der Waals surface area contributed by atoms with Gasteiger partial charge in [0, 0.05) is 38.8 Å². The van der Waals surface area contributed by atoms with Gasteiger partial charge < -0.3 is 19.7 Å². The SMILES string of the molecule is CC1CC(C)CN(c2ccc(NC=C3C(=O)OC(C)(C)OC3=O)cc2Cl)C1. The van der Waals surface area contributed by atoms with E-state index >= 15 is 0 Å². The quantitative estimate of drug-likeness (QED) is 0.477. The van der Waals surface area contributed by atoms with Crippen LogP contribution in [0.2, 0.25) is 5.02 Å². The summed E-state index contributed by atoms with van der Waals surface area (Å²) in [4.78, 5) is 26.2. The minimum Gasteiger partial charge on any atom is -0.419 e. The lowest BCUT2D eigenvalue weighted by Crippen LogP contribution is -2.42. The van der Waals surface area contributed by atoms with E-state index < -0.39 is 17.7 Å². The Bertz CT molecular complexity index is 758. The fourth-order valence-electron chi connectivity index (χ4n) is 3.65. The van der Waals surface area contributed by atoms with Gasteiger partial charge in [-0.05, 0) is 36.5 Å². The number of hydrogen-bond acceptors (Lipinski definition) is 6. The molecule has 1 aromatic rings. The molecule has 2 heterocycles. The Balaban J connectivity index is 1.73. The van der Waals surface area contributed by atoms with Gasteiger partial charge in [0.1, 0.15) is 0 Å². The first kappa shape index (κ1) is 19.5. The Morgan fingerprint density at radius 1 is 1.15 bits per heavy atom. The van der Waals surface area contributed by atoms with Crippen LogP contribution in [0.3, 0.4) is 0 Å². The summed E-state index contributed by atoms with van der Waals surface area (Å²) in [5.74, 6) is -1.44. The summed E-state index contributed by atoms with van der Waals surface area (Å²) < 4.78 is 10.1. The second-order valence-electron chi connectivity index (χ2n) is 7.90. The topological polar surface area (TPSA) is 67.9 Å². The van der Waals surface area contributed by atoms with E-state index in [0.29, 0.717) is 22.5 Å². The van der Waals surface area contributed by atoms with E-state index in [1.807, 2.05) is 12.1 Å². The third-order valence-electron chi connectivity index (χ3n) is 4.66. The molecular formula is C20H25ClN2O4. The van der Waals surface area contributed by atoms with Crippen LogP contribution < -0.4 is 10.2 Å². The number of benzene rings is 1.